The van der Waals surface area contributed by atoms with Crippen LogP contribution in [0.1, 0.15) is 24.2 Å². The Balaban J connectivity index is 2.36. The summed E-state index contributed by atoms with van der Waals surface area (Å²) in [7, 11) is 0. The number of ketones is 1. The largest absolute Gasteiger partial charge is 0.291 e. The van der Waals surface area contributed by atoms with Gasteiger partial charge in [0.15, 0.2) is 5.78 Å². The van der Waals surface area contributed by atoms with Crippen molar-refractivity contribution in [3.05, 3.63) is 48.5 Å². The highest BCUT2D eigenvalue weighted by atomic mass is 16.1. The molecule has 0 unspecified atom stereocenters. The minimum absolute atomic E-state index is 0.0265. The number of aromatic nitrogens is 3. The number of benzene rings is 1. The molecule has 4 nitrogen and oxygen atoms in total. The van der Waals surface area contributed by atoms with Gasteiger partial charge in [-0.05, 0) is 13.8 Å². The fraction of sp³-hybridized carbons (Fsp3) is 0.250. The topological polar surface area (TPSA) is 47.8 Å². The van der Waals surface area contributed by atoms with Crippen LogP contribution in [-0.4, -0.2) is 20.5 Å². The van der Waals surface area contributed by atoms with Crippen LogP contribution >= 0.6 is 0 Å². The van der Waals surface area contributed by atoms with E-state index in [1.54, 1.807) is 23.1 Å². The quantitative estimate of drug-likeness (QED) is 0.735. The number of hydrogen-bond donors (Lipinski definition) is 0. The van der Waals surface area contributed by atoms with Gasteiger partial charge in [0.1, 0.15) is 18.2 Å². The maximum atomic E-state index is 12.3. The lowest BCUT2D eigenvalue weighted by molar-refractivity contribution is 0.0833. The Morgan fingerprint density at radius 2 is 1.94 bits per heavy atom. The summed E-state index contributed by atoms with van der Waals surface area (Å²) in [6, 6.07) is 9.20. The summed E-state index contributed by atoms with van der Waals surface area (Å²) in [5, 5.41) is 4.02. The maximum Gasteiger partial charge on any atom is 0.189 e. The summed E-state index contributed by atoms with van der Waals surface area (Å²) in [5.74, 6) is 0.0265. The normalized spacial score (nSPS) is 11.4. The Morgan fingerprint density at radius 3 is 2.50 bits per heavy atom. The Morgan fingerprint density at radius 1 is 1.25 bits per heavy atom. The molecule has 0 amide bonds. The predicted octanol–water partition coefficient (Wildman–Crippen LogP) is 1.90. The molecule has 0 aliphatic heterocycles. The van der Waals surface area contributed by atoms with Gasteiger partial charge >= 0.3 is 0 Å². The van der Waals surface area contributed by atoms with Crippen molar-refractivity contribution in [2.24, 2.45) is 0 Å². The van der Waals surface area contributed by atoms with Gasteiger partial charge in [-0.1, -0.05) is 30.3 Å². The van der Waals surface area contributed by atoms with E-state index < -0.39 is 5.54 Å². The zero-order valence-corrected chi connectivity index (χ0v) is 9.29. The van der Waals surface area contributed by atoms with Gasteiger partial charge in [-0.15, -0.1) is 0 Å². The minimum Gasteiger partial charge on any atom is -0.291 e. The predicted molar refractivity (Wildman–Crippen MR) is 60.1 cm³/mol. The number of nitrogens with zero attached hydrogens (tertiary/aromatic N) is 3. The number of hydrogen-bond acceptors (Lipinski definition) is 3. The third-order valence-electron chi connectivity index (χ3n) is 2.58. The molecule has 0 aliphatic rings. The number of carbonyl (C=O) groups is 1. The molecule has 1 aromatic carbocycles. The lowest BCUT2D eigenvalue weighted by Gasteiger charge is -2.23. The summed E-state index contributed by atoms with van der Waals surface area (Å²) < 4.78 is 1.57. The molecule has 82 valence electrons. The van der Waals surface area contributed by atoms with Crippen LogP contribution in [0.5, 0.6) is 0 Å². The molecule has 1 aromatic heterocycles. The first-order valence-corrected chi connectivity index (χ1v) is 5.07. The first-order valence-electron chi connectivity index (χ1n) is 5.07. The minimum atomic E-state index is -0.710. The number of carbonyl (C=O) groups excluding carboxylic acids is 1. The molecule has 1 heterocycles. The molecule has 4 heteroatoms. The van der Waals surface area contributed by atoms with Crippen LogP contribution in [0, 0.1) is 0 Å². The van der Waals surface area contributed by atoms with Crippen molar-refractivity contribution in [3.63, 3.8) is 0 Å². The van der Waals surface area contributed by atoms with Crippen molar-refractivity contribution in [3.8, 4) is 0 Å². The van der Waals surface area contributed by atoms with Crippen LogP contribution in [0.3, 0.4) is 0 Å². The highest BCUT2D eigenvalue weighted by Crippen LogP contribution is 2.19. The third kappa shape index (κ3) is 1.74. The fourth-order valence-electron chi connectivity index (χ4n) is 1.54. The van der Waals surface area contributed by atoms with Crippen molar-refractivity contribution in [1.29, 1.82) is 0 Å². The molecule has 0 atom stereocenters. The van der Waals surface area contributed by atoms with Crippen molar-refractivity contribution in [2.45, 2.75) is 19.4 Å². The van der Waals surface area contributed by atoms with E-state index in [1.165, 1.54) is 6.33 Å². The van der Waals surface area contributed by atoms with E-state index >= 15 is 0 Å². The van der Waals surface area contributed by atoms with Crippen LogP contribution in [-0.2, 0) is 5.54 Å². The molecule has 0 bridgehead atoms. The molecule has 0 saturated heterocycles. The molecule has 0 fully saturated rings. The molecule has 0 N–H and O–H groups in total. The second-order valence-corrected chi connectivity index (χ2v) is 4.09. The summed E-state index contributed by atoms with van der Waals surface area (Å²) >= 11 is 0. The van der Waals surface area contributed by atoms with Gasteiger partial charge in [0, 0.05) is 5.56 Å². The van der Waals surface area contributed by atoms with Crippen LogP contribution in [0.2, 0.25) is 0 Å². The fourth-order valence-corrected chi connectivity index (χ4v) is 1.54. The highest BCUT2D eigenvalue weighted by molar-refractivity contribution is 6.01. The van der Waals surface area contributed by atoms with Crippen molar-refractivity contribution < 1.29 is 4.79 Å². The van der Waals surface area contributed by atoms with Crippen molar-refractivity contribution >= 4 is 5.78 Å². The molecule has 2 rings (SSSR count). The Labute approximate surface area is 93.9 Å². The monoisotopic (exact) mass is 215 g/mol. The van der Waals surface area contributed by atoms with E-state index in [9.17, 15) is 4.79 Å². The Bertz CT molecular complexity index is 474. The second kappa shape index (κ2) is 3.89. The van der Waals surface area contributed by atoms with E-state index in [4.69, 9.17) is 0 Å². The summed E-state index contributed by atoms with van der Waals surface area (Å²) in [4.78, 5) is 16.1. The van der Waals surface area contributed by atoms with Gasteiger partial charge in [0.2, 0.25) is 0 Å². The van der Waals surface area contributed by atoms with Crippen LogP contribution in [0.25, 0.3) is 0 Å². The van der Waals surface area contributed by atoms with Crippen molar-refractivity contribution in [1.82, 2.24) is 14.8 Å². The standard InChI is InChI=1S/C12H13N3O/c1-12(2,15-9-13-8-14-15)11(16)10-6-4-3-5-7-10/h3-9H,1-2H3. The molecule has 0 radical (unpaired) electrons. The van der Waals surface area contributed by atoms with Gasteiger partial charge in [-0.25, -0.2) is 9.67 Å². The molecule has 0 spiro atoms. The lowest BCUT2D eigenvalue weighted by Crippen LogP contribution is -2.36. The van der Waals surface area contributed by atoms with E-state index in [0.717, 1.165) is 0 Å². The smallest absolute Gasteiger partial charge is 0.189 e. The first-order chi connectivity index (χ1) is 7.62. The Hall–Kier alpha value is -1.97. The lowest BCUT2D eigenvalue weighted by atomic mass is 9.93. The second-order valence-electron chi connectivity index (χ2n) is 4.09. The SMILES string of the molecule is CC(C)(C(=O)c1ccccc1)n1cncn1. The van der Waals surface area contributed by atoms with Crippen LogP contribution < -0.4 is 0 Å². The molecular weight excluding hydrogens is 202 g/mol. The summed E-state index contributed by atoms with van der Waals surface area (Å²) in [6.07, 6.45) is 2.99. The molecule has 2 aromatic rings. The zero-order chi connectivity index (χ0) is 11.6. The van der Waals surface area contributed by atoms with Crippen LogP contribution in [0.4, 0.5) is 0 Å². The molecule has 16 heavy (non-hydrogen) atoms. The van der Waals surface area contributed by atoms with E-state index in [2.05, 4.69) is 10.1 Å². The van der Waals surface area contributed by atoms with E-state index in [0.29, 0.717) is 5.56 Å². The van der Waals surface area contributed by atoms with Gasteiger partial charge in [-0.2, -0.15) is 5.10 Å². The van der Waals surface area contributed by atoms with Crippen LogP contribution in [0.15, 0.2) is 43.0 Å². The molecule has 0 saturated carbocycles. The van der Waals surface area contributed by atoms with E-state index in [1.807, 2.05) is 32.0 Å². The van der Waals surface area contributed by atoms with Gasteiger partial charge in [0.25, 0.3) is 0 Å². The van der Waals surface area contributed by atoms with Crippen molar-refractivity contribution in [2.75, 3.05) is 0 Å². The highest BCUT2D eigenvalue weighted by Gasteiger charge is 2.31. The van der Waals surface area contributed by atoms with Gasteiger partial charge in [-0.3, -0.25) is 4.79 Å². The number of rotatable bonds is 3. The number of Topliss-reactive ketones (excluding diaryl/α,β-unsaturated/α-hetero) is 1. The maximum absolute atomic E-state index is 12.3. The first kappa shape index (κ1) is 10.5. The summed E-state index contributed by atoms with van der Waals surface area (Å²) in [6.45, 7) is 3.66. The third-order valence-corrected chi connectivity index (χ3v) is 2.58. The summed E-state index contributed by atoms with van der Waals surface area (Å²) in [5.41, 5.74) is -0.0271. The Kier molecular flexibility index (Phi) is 2.56. The van der Waals surface area contributed by atoms with Gasteiger partial charge < -0.3 is 0 Å². The zero-order valence-electron chi connectivity index (χ0n) is 9.29. The average molecular weight is 215 g/mol. The molecular formula is C12H13N3O. The average Bonchev–Trinajstić information content (AvgIpc) is 2.83. The van der Waals surface area contributed by atoms with E-state index in [-0.39, 0.29) is 5.78 Å². The molecule has 0 aliphatic carbocycles. The van der Waals surface area contributed by atoms with Gasteiger partial charge in [0.05, 0.1) is 0 Å².